The number of nitrogens with two attached hydrogens (primary N) is 1. The van der Waals surface area contributed by atoms with Crippen molar-refractivity contribution in [2.75, 3.05) is 11.9 Å². The summed E-state index contributed by atoms with van der Waals surface area (Å²) in [5.41, 5.74) is 8.68. The Hall–Kier alpha value is -2.40. The van der Waals surface area contributed by atoms with Crippen molar-refractivity contribution in [1.82, 2.24) is 9.97 Å². The van der Waals surface area contributed by atoms with Gasteiger partial charge in [-0.2, -0.15) is 0 Å². The summed E-state index contributed by atoms with van der Waals surface area (Å²) in [7, 11) is 0. The molecular weight excluding hydrogens is 267 g/mol. The molecule has 0 amide bonds. The summed E-state index contributed by atoms with van der Waals surface area (Å²) in [6.07, 6.45) is 0.787. The lowest BCUT2D eigenvalue weighted by Crippen LogP contribution is -2.15. The monoisotopic (exact) mass is 284 g/mol. The second-order valence-electron chi connectivity index (χ2n) is 4.98. The molecule has 1 atom stereocenters. The van der Waals surface area contributed by atoms with E-state index in [2.05, 4.69) is 15.3 Å². The van der Waals surface area contributed by atoms with Gasteiger partial charge in [-0.05, 0) is 30.2 Å². The molecule has 0 spiro atoms. The van der Waals surface area contributed by atoms with Gasteiger partial charge in [-0.3, -0.25) is 0 Å². The highest BCUT2D eigenvalue weighted by Gasteiger charge is 2.06. The van der Waals surface area contributed by atoms with Crippen LogP contribution < -0.4 is 11.1 Å². The minimum atomic E-state index is -0.274. The summed E-state index contributed by atoms with van der Waals surface area (Å²) >= 11 is 0. The van der Waals surface area contributed by atoms with Crippen molar-refractivity contribution in [3.05, 3.63) is 59.9 Å². The van der Waals surface area contributed by atoms with E-state index in [1.54, 1.807) is 6.07 Å². The lowest BCUT2D eigenvalue weighted by atomic mass is 10.1. The van der Waals surface area contributed by atoms with Gasteiger partial charge in [0.1, 0.15) is 5.82 Å². The van der Waals surface area contributed by atoms with Crippen LogP contribution in [0.3, 0.4) is 0 Å². The van der Waals surface area contributed by atoms with E-state index in [-0.39, 0.29) is 11.9 Å². The number of halogens is 1. The van der Waals surface area contributed by atoms with Crippen LogP contribution in [0.25, 0.3) is 11.0 Å². The first kappa shape index (κ1) is 13.6. The van der Waals surface area contributed by atoms with Crippen molar-refractivity contribution in [3.63, 3.8) is 0 Å². The Morgan fingerprint density at radius 3 is 2.81 bits per heavy atom. The number of aromatic amines is 1. The first-order chi connectivity index (χ1) is 10.2. The molecule has 2 aromatic carbocycles. The fraction of sp³-hybridized carbons (Fsp3) is 0.188. The van der Waals surface area contributed by atoms with E-state index in [1.165, 1.54) is 12.1 Å². The van der Waals surface area contributed by atoms with Gasteiger partial charge in [-0.1, -0.05) is 30.3 Å². The van der Waals surface area contributed by atoms with Gasteiger partial charge in [-0.15, -0.1) is 0 Å². The largest absolute Gasteiger partial charge is 0.356 e. The Morgan fingerprint density at radius 1 is 1.19 bits per heavy atom. The number of rotatable bonds is 5. The van der Waals surface area contributed by atoms with Gasteiger partial charge in [-0.25, -0.2) is 9.37 Å². The highest BCUT2D eigenvalue weighted by Crippen LogP contribution is 2.17. The lowest BCUT2D eigenvalue weighted by molar-refractivity contribution is 0.629. The number of hydrogen-bond acceptors (Lipinski definition) is 3. The van der Waals surface area contributed by atoms with Gasteiger partial charge >= 0.3 is 0 Å². The highest BCUT2D eigenvalue weighted by molar-refractivity contribution is 5.77. The molecule has 4 nitrogen and oxygen atoms in total. The SMILES string of the molecule is NC(CCNc1nc2ccc(F)cc2[nH]1)c1ccccc1. The molecule has 3 aromatic rings. The molecule has 0 radical (unpaired) electrons. The minimum absolute atomic E-state index is 0.0134. The maximum absolute atomic E-state index is 13.1. The zero-order valence-electron chi connectivity index (χ0n) is 11.5. The van der Waals surface area contributed by atoms with E-state index in [1.807, 2.05) is 30.3 Å². The smallest absolute Gasteiger partial charge is 0.201 e. The Kier molecular flexibility index (Phi) is 3.83. The molecule has 108 valence electrons. The number of benzene rings is 2. The van der Waals surface area contributed by atoms with E-state index in [0.717, 1.165) is 17.5 Å². The van der Waals surface area contributed by atoms with Crippen LogP contribution in [0, 0.1) is 5.82 Å². The molecule has 0 fully saturated rings. The molecule has 0 aliphatic heterocycles. The minimum Gasteiger partial charge on any atom is -0.356 e. The second kappa shape index (κ2) is 5.93. The number of aromatic nitrogens is 2. The van der Waals surface area contributed by atoms with E-state index < -0.39 is 0 Å². The average molecular weight is 284 g/mol. The van der Waals surface area contributed by atoms with Crippen molar-refractivity contribution in [2.45, 2.75) is 12.5 Å². The molecule has 21 heavy (non-hydrogen) atoms. The van der Waals surface area contributed by atoms with Crippen molar-refractivity contribution in [1.29, 1.82) is 0 Å². The normalized spacial score (nSPS) is 12.5. The van der Waals surface area contributed by atoms with Crippen molar-refractivity contribution in [2.24, 2.45) is 5.73 Å². The van der Waals surface area contributed by atoms with Gasteiger partial charge in [0, 0.05) is 12.6 Å². The first-order valence-electron chi connectivity index (χ1n) is 6.92. The van der Waals surface area contributed by atoms with E-state index in [4.69, 9.17) is 5.73 Å². The number of H-pyrrole nitrogens is 1. The van der Waals surface area contributed by atoms with Crippen molar-refractivity contribution in [3.8, 4) is 0 Å². The Bertz CT molecular complexity index is 723. The Balaban J connectivity index is 1.59. The quantitative estimate of drug-likeness (QED) is 0.674. The number of hydrogen-bond donors (Lipinski definition) is 3. The number of nitrogens with one attached hydrogen (secondary N) is 2. The molecule has 1 aromatic heterocycles. The molecule has 1 heterocycles. The predicted octanol–water partition coefficient (Wildman–Crippen LogP) is 3.20. The van der Waals surface area contributed by atoms with E-state index in [0.29, 0.717) is 18.0 Å². The average Bonchev–Trinajstić information content (AvgIpc) is 2.89. The van der Waals surface area contributed by atoms with E-state index in [9.17, 15) is 4.39 Å². The molecule has 3 rings (SSSR count). The van der Waals surface area contributed by atoms with Crippen LogP contribution in [0.2, 0.25) is 0 Å². The van der Waals surface area contributed by atoms with Gasteiger partial charge in [0.2, 0.25) is 5.95 Å². The zero-order chi connectivity index (χ0) is 14.7. The summed E-state index contributed by atoms with van der Waals surface area (Å²) in [6.45, 7) is 0.693. The first-order valence-corrected chi connectivity index (χ1v) is 6.92. The summed E-state index contributed by atoms with van der Waals surface area (Å²) < 4.78 is 13.1. The van der Waals surface area contributed by atoms with Crippen molar-refractivity contribution >= 4 is 17.0 Å². The molecule has 0 saturated carbocycles. The van der Waals surface area contributed by atoms with Crippen LogP contribution in [0.5, 0.6) is 0 Å². The van der Waals surface area contributed by atoms with Gasteiger partial charge in [0.25, 0.3) is 0 Å². The van der Waals surface area contributed by atoms with Crippen LogP contribution in [0.1, 0.15) is 18.0 Å². The zero-order valence-corrected chi connectivity index (χ0v) is 11.5. The maximum atomic E-state index is 13.1. The van der Waals surface area contributed by atoms with Gasteiger partial charge < -0.3 is 16.0 Å². The highest BCUT2D eigenvalue weighted by atomic mass is 19.1. The predicted molar refractivity (Wildman–Crippen MR) is 82.5 cm³/mol. The number of anilines is 1. The van der Waals surface area contributed by atoms with Gasteiger partial charge in [0.15, 0.2) is 0 Å². The molecule has 1 unspecified atom stereocenters. The van der Waals surface area contributed by atoms with Crippen LogP contribution in [0.4, 0.5) is 10.3 Å². The maximum Gasteiger partial charge on any atom is 0.201 e. The molecule has 0 aliphatic rings. The summed E-state index contributed by atoms with van der Waals surface area (Å²) in [6, 6.07) is 14.5. The van der Waals surface area contributed by atoms with Gasteiger partial charge in [0.05, 0.1) is 11.0 Å². The molecular formula is C16H17FN4. The van der Waals surface area contributed by atoms with E-state index >= 15 is 0 Å². The fourth-order valence-corrected chi connectivity index (χ4v) is 2.28. The third kappa shape index (κ3) is 3.20. The third-order valence-corrected chi connectivity index (χ3v) is 3.42. The number of imidazole rings is 1. The molecule has 4 N–H and O–H groups in total. The third-order valence-electron chi connectivity index (χ3n) is 3.42. The second-order valence-corrected chi connectivity index (χ2v) is 4.98. The Labute approximate surface area is 122 Å². The summed E-state index contributed by atoms with van der Waals surface area (Å²) in [5, 5.41) is 3.19. The summed E-state index contributed by atoms with van der Waals surface area (Å²) in [4.78, 5) is 7.40. The fourth-order valence-electron chi connectivity index (χ4n) is 2.28. The Morgan fingerprint density at radius 2 is 2.00 bits per heavy atom. The molecule has 0 aliphatic carbocycles. The van der Waals surface area contributed by atoms with Crippen LogP contribution in [-0.2, 0) is 0 Å². The topological polar surface area (TPSA) is 66.7 Å². The number of fused-ring (bicyclic) bond motifs is 1. The molecule has 0 bridgehead atoms. The molecule has 5 heteroatoms. The van der Waals surface area contributed by atoms with Crippen LogP contribution >= 0.6 is 0 Å². The summed E-state index contributed by atoms with van der Waals surface area (Å²) in [5.74, 6) is 0.361. The van der Waals surface area contributed by atoms with Crippen LogP contribution in [-0.4, -0.2) is 16.5 Å². The standard InChI is InChI=1S/C16H17FN4/c17-12-6-7-14-15(10-12)21-16(20-14)19-9-8-13(18)11-4-2-1-3-5-11/h1-7,10,13H,8-9,18H2,(H2,19,20,21). The molecule has 0 saturated heterocycles. The van der Waals surface area contributed by atoms with Crippen molar-refractivity contribution < 1.29 is 4.39 Å². The lowest BCUT2D eigenvalue weighted by Gasteiger charge is -2.11. The van der Waals surface area contributed by atoms with Crippen LogP contribution in [0.15, 0.2) is 48.5 Å². The number of nitrogens with zero attached hydrogens (tertiary/aromatic N) is 1.